The van der Waals surface area contributed by atoms with Gasteiger partial charge in [0, 0.05) is 18.3 Å². The summed E-state index contributed by atoms with van der Waals surface area (Å²) in [5.41, 5.74) is 1.61. The molecule has 0 aromatic rings. The molecule has 5 aliphatic rings. The van der Waals surface area contributed by atoms with Crippen molar-refractivity contribution in [2.24, 2.45) is 34.5 Å². The van der Waals surface area contributed by atoms with Crippen LogP contribution in [0.5, 0.6) is 0 Å². The van der Waals surface area contributed by atoms with E-state index in [1.807, 2.05) is 6.08 Å². The average Bonchev–Trinajstić information content (AvgIpc) is 3.10. The lowest BCUT2D eigenvalue weighted by molar-refractivity contribution is -0.169. The Morgan fingerprint density at radius 2 is 1.77 bits per heavy atom. The van der Waals surface area contributed by atoms with Gasteiger partial charge in [-0.05, 0) is 80.1 Å². The van der Waals surface area contributed by atoms with Gasteiger partial charge in [0.2, 0.25) is 0 Å². The van der Waals surface area contributed by atoms with Crippen molar-refractivity contribution in [3.8, 4) is 0 Å². The number of ether oxygens (including phenoxy) is 1. The van der Waals surface area contributed by atoms with E-state index < -0.39 is 0 Å². The number of rotatable bonds is 0. The van der Waals surface area contributed by atoms with E-state index in [1.165, 1.54) is 31.3 Å². The fourth-order valence-corrected chi connectivity index (χ4v) is 8.24. The van der Waals surface area contributed by atoms with E-state index in [2.05, 4.69) is 20.8 Å². The minimum absolute atomic E-state index is 0.0224. The maximum Gasteiger partial charge on any atom is 0.306 e. The Hall–Kier alpha value is -1.12. The molecule has 0 radical (unpaired) electrons. The van der Waals surface area contributed by atoms with Gasteiger partial charge >= 0.3 is 5.97 Å². The van der Waals surface area contributed by atoms with Crippen LogP contribution in [0.3, 0.4) is 0 Å². The van der Waals surface area contributed by atoms with Crippen molar-refractivity contribution in [1.82, 2.24) is 0 Å². The minimum Gasteiger partial charge on any atom is -0.458 e. The van der Waals surface area contributed by atoms with Crippen molar-refractivity contribution in [3.63, 3.8) is 0 Å². The van der Waals surface area contributed by atoms with Gasteiger partial charge < -0.3 is 4.74 Å². The topological polar surface area (TPSA) is 43.4 Å². The molecule has 26 heavy (non-hydrogen) atoms. The summed E-state index contributed by atoms with van der Waals surface area (Å²) in [6, 6.07) is 0. The van der Waals surface area contributed by atoms with Crippen LogP contribution in [0.25, 0.3) is 0 Å². The summed E-state index contributed by atoms with van der Waals surface area (Å²) in [7, 11) is 0. The zero-order valence-electron chi connectivity index (χ0n) is 16.5. The Kier molecular flexibility index (Phi) is 3.42. The summed E-state index contributed by atoms with van der Waals surface area (Å²) in [5, 5.41) is 0. The number of hydrogen-bond donors (Lipinski definition) is 0. The van der Waals surface area contributed by atoms with Crippen LogP contribution in [0.2, 0.25) is 0 Å². The van der Waals surface area contributed by atoms with Crippen LogP contribution in [-0.4, -0.2) is 17.4 Å². The quantitative estimate of drug-likeness (QED) is 0.583. The van der Waals surface area contributed by atoms with E-state index in [4.69, 9.17) is 4.74 Å². The van der Waals surface area contributed by atoms with Crippen molar-refractivity contribution < 1.29 is 14.3 Å². The minimum atomic E-state index is -0.176. The predicted octanol–water partition coefficient (Wildman–Crippen LogP) is 4.84. The third-order valence-electron chi connectivity index (χ3n) is 9.84. The lowest BCUT2D eigenvalue weighted by Crippen LogP contribution is -2.56. The molecular weight excluding hydrogens is 324 g/mol. The molecule has 7 atom stereocenters. The second kappa shape index (κ2) is 5.23. The summed E-state index contributed by atoms with van der Waals surface area (Å²) in [6.45, 7) is 7.19. The highest BCUT2D eigenvalue weighted by molar-refractivity contribution is 5.92. The summed E-state index contributed by atoms with van der Waals surface area (Å²) in [6.07, 6.45) is 11.3. The van der Waals surface area contributed by atoms with E-state index in [0.29, 0.717) is 36.4 Å². The molecule has 0 aromatic heterocycles. The molecular formula is C23H32O3. The van der Waals surface area contributed by atoms with Gasteiger partial charge in [-0.3, -0.25) is 9.59 Å². The van der Waals surface area contributed by atoms with Crippen LogP contribution in [0.4, 0.5) is 0 Å². The lowest BCUT2D eigenvalue weighted by Gasteiger charge is -2.60. The molecule has 142 valence electrons. The van der Waals surface area contributed by atoms with Crippen LogP contribution >= 0.6 is 0 Å². The molecule has 0 amide bonds. The van der Waals surface area contributed by atoms with E-state index in [1.54, 1.807) is 0 Å². The van der Waals surface area contributed by atoms with E-state index in [9.17, 15) is 9.59 Å². The Morgan fingerprint density at radius 3 is 2.50 bits per heavy atom. The second-order valence-corrected chi connectivity index (χ2v) is 10.4. The molecule has 3 nitrogen and oxygen atoms in total. The highest BCUT2D eigenvalue weighted by Gasteiger charge is 2.67. The van der Waals surface area contributed by atoms with Crippen molar-refractivity contribution in [1.29, 1.82) is 0 Å². The molecule has 4 fully saturated rings. The predicted molar refractivity (Wildman–Crippen MR) is 99.3 cm³/mol. The maximum atomic E-state index is 12.1. The molecule has 0 N–H and O–H groups in total. The summed E-state index contributed by atoms with van der Waals surface area (Å²) >= 11 is 0. The van der Waals surface area contributed by atoms with Crippen molar-refractivity contribution in [3.05, 3.63) is 11.6 Å². The molecule has 0 bridgehead atoms. The molecule has 3 heteroatoms. The van der Waals surface area contributed by atoms with Gasteiger partial charge in [0.25, 0.3) is 0 Å². The fourth-order valence-electron chi connectivity index (χ4n) is 8.24. The first-order chi connectivity index (χ1) is 12.3. The number of fused-ring (bicyclic) bond motifs is 6. The smallest absolute Gasteiger partial charge is 0.306 e. The van der Waals surface area contributed by atoms with Gasteiger partial charge in [-0.2, -0.15) is 0 Å². The summed E-state index contributed by atoms with van der Waals surface area (Å²) in [4.78, 5) is 24.1. The van der Waals surface area contributed by atoms with Crippen LogP contribution in [0, 0.1) is 34.5 Å². The monoisotopic (exact) mass is 356 g/mol. The Bertz CT molecular complexity index is 708. The molecule has 3 saturated carbocycles. The Morgan fingerprint density at radius 1 is 1.00 bits per heavy atom. The largest absolute Gasteiger partial charge is 0.458 e. The number of esters is 1. The van der Waals surface area contributed by atoms with E-state index >= 15 is 0 Å². The first kappa shape index (κ1) is 17.0. The maximum absolute atomic E-state index is 12.1. The van der Waals surface area contributed by atoms with Gasteiger partial charge in [-0.1, -0.05) is 26.3 Å². The number of ketones is 1. The zero-order valence-corrected chi connectivity index (χ0v) is 16.5. The first-order valence-corrected chi connectivity index (χ1v) is 10.8. The van der Waals surface area contributed by atoms with Crippen molar-refractivity contribution in [2.75, 3.05) is 0 Å². The number of carbonyl (C=O) groups excluding carboxylic acids is 2. The standard InChI is InChI=1S/C23H32O3/c1-14-12-16(24)13-15-4-5-17-18-7-10-23(11-8-20(25)26-23)21(18,2)9-6-19(17)22(14,15)3/h13-14,17-19H,4-12H2,1-3H3. The lowest BCUT2D eigenvalue weighted by atomic mass is 9.44. The normalized spacial score (nSPS) is 53.0. The Balaban J connectivity index is 1.51. The van der Waals surface area contributed by atoms with Crippen LogP contribution in [0.1, 0.15) is 78.6 Å². The molecule has 1 heterocycles. The molecule has 5 rings (SSSR count). The average molecular weight is 357 g/mol. The molecule has 1 spiro atoms. The number of allylic oxidation sites excluding steroid dienone is 1. The van der Waals surface area contributed by atoms with Crippen molar-refractivity contribution in [2.45, 2.75) is 84.2 Å². The first-order valence-electron chi connectivity index (χ1n) is 10.8. The second-order valence-electron chi connectivity index (χ2n) is 10.4. The fraction of sp³-hybridized carbons (Fsp3) is 0.826. The van der Waals surface area contributed by atoms with Gasteiger partial charge in [0.1, 0.15) is 5.60 Å². The molecule has 0 aromatic carbocycles. The SMILES string of the molecule is CC1CC(=O)C=C2CCC3C(CCC4(C)C3CCC43CCC(=O)O3)C21C. The van der Waals surface area contributed by atoms with Crippen LogP contribution < -0.4 is 0 Å². The van der Waals surface area contributed by atoms with E-state index in [0.717, 1.165) is 25.2 Å². The Labute approximate surface area is 156 Å². The highest BCUT2D eigenvalue weighted by atomic mass is 16.6. The highest BCUT2D eigenvalue weighted by Crippen LogP contribution is 2.70. The van der Waals surface area contributed by atoms with Gasteiger partial charge in [-0.25, -0.2) is 0 Å². The molecule has 4 aliphatic carbocycles. The zero-order chi connectivity index (χ0) is 18.3. The summed E-state index contributed by atoms with van der Waals surface area (Å²) in [5.74, 6) is 2.90. The van der Waals surface area contributed by atoms with Crippen molar-refractivity contribution >= 4 is 11.8 Å². The number of hydrogen-bond acceptors (Lipinski definition) is 3. The molecule has 7 unspecified atom stereocenters. The molecule has 1 aliphatic heterocycles. The van der Waals surface area contributed by atoms with Gasteiger partial charge in [-0.15, -0.1) is 0 Å². The third kappa shape index (κ3) is 1.90. The molecule has 1 saturated heterocycles. The van der Waals surface area contributed by atoms with Gasteiger partial charge in [0.05, 0.1) is 0 Å². The van der Waals surface area contributed by atoms with Gasteiger partial charge in [0.15, 0.2) is 5.78 Å². The van der Waals surface area contributed by atoms with E-state index in [-0.39, 0.29) is 22.4 Å². The van der Waals surface area contributed by atoms with Crippen LogP contribution in [-0.2, 0) is 14.3 Å². The third-order valence-corrected chi connectivity index (χ3v) is 9.84. The number of carbonyl (C=O) groups is 2. The summed E-state index contributed by atoms with van der Waals surface area (Å²) < 4.78 is 6.03. The van der Waals surface area contributed by atoms with Crippen LogP contribution in [0.15, 0.2) is 11.6 Å².